The third kappa shape index (κ3) is 3.59. The smallest absolute Gasteiger partial charge is 0.118 e. The van der Waals surface area contributed by atoms with Crippen LogP contribution in [0, 0.1) is 11.3 Å². The average molecular weight is 251 g/mol. The second-order valence-electron chi connectivity index (χ2n) is 4.48. The molecule has 19 heavy (non-hydrogen) atoms. The minimum atomic E-state index is -0.0386. The molecule has 0 aliphatic heterocycles. The van der Waals surface area contributed by atoms with Crippen molar-refractivity contribution < 1.29 is 4.74 Å². The van der Waals surface area contributed by atoms with Gasteiger partial charge in [0.15, 0.2) is 0 Å². The van der Waals surface area contributed by atoms with Crippen molar-refractivity contribution in [3.63, 3.8) is 0 Å². The SMILES string of the molecule is COc1ccc(CCC(C#N)c2ccccc2)cc1. The van der Waals surface area contributed by atoms with Gasteiger partial charge in [0.1, 0.15) is 5.75 Å². The van der Waals surface area contributed by atoms with Gasteiger partial charge in [-0.15, -0.1) is 0 Å². The summed E-state index contributed by atoms with van der Waals surface area (Å²) in [5.41, 5.74) is 2.33. The normalized spacial score (nSPS) is 11.6. The largest absolute Gasteiger partial charge is 0.497 e. The zero-order chi connectivity index (χ0) is 13.5. The quantitative estimate of drug-likeness (QED) is 0.806. The summed E-state index contributed by atoms with van der Waals surface area (Å²) in [5.74, 6) is 0.826. The van der Waals surface area contributed by atoms with E-state index in [1.165, 1.54) is 5.56 Å². The predicted octanol–water partition coefficient (Wildman–Crippen LogP) is 3.94. The monoisotopic (exact) mass is 251 g/mol. The zero-order valence-corrected chi connectivity index (χ0v) is 11.0. The van der Waals surface area contributed by atoms with Crippen LogP contribution in [0.4, 0.5) is 0 Å². The van der Waals surface area contributed by atoms with Crippen molar-refractivity contribution in [3.8, 4) is 11.8 Å². The summed E-state index contributed by atoms with van der Waals surface area (Å²) in [6.07, 6.45) is 1.74. The molecule has 0 bridgehead atoms. The second kappa shape index (κ2) is 6.61. The Bertz CT molecular complexity index is 540. The van der Waals surface area contributed by atoms with Crippen molar-refractivity contribution in [2.24, 2.45) is 0 Å². The first-order valence-corrected chi connectivity index (χ1v) is 6.41. The van der Waals surface area contributed by atoms with Crippen molar-refractivity contribution in [1.82, 2.24) is 0 Å². The summed E-state index contributed by atoms with van der Waals surface area (Å²) in [5, 5.41) is 9.27. The minimum absolute atomic E-state index is 0.0386. The van der Waals surface area contributed by atoms with Gasteiger partial charge < -0.3 is 4.74 Å². The highest BCUT2D eigenvalue weighted by Crippen LogP contribution is 2.21. The summed E-state index contributed by atoms with van der Waals surface area (Å²) < 4.78 is 5.13. The van der Waals surface area contributed by atoms with Gasteiger partial charge >= 0.3 is 0 Å². The number of methoxy groups -OCH3 is 1. The van der Waals surface area contributed by atoms with Gasteiger partial charge in [-0.3, -0.25) is 0 Å². The molecule has 0 radical (unpaired) electrons. The molecular weight excluding hydrogens is 234 g/mol. The molecular formula is C17H17NO. The molecule has 0 fully saturated rings. The number of benzene rings is 2. The van der Waals surface area contributed by atoms with Gasteiger partial charge in [-0.25, -0.2) is 0 Å². The lowest BCUT2D eigenvalue weighted by Gasteiger charge is -2.09. The standard InChI is InChI=1S/C17H17NO/c1-19-17-11-8-14(9-12-17)7-10-16(13-18)15-5-3-2-4-6-15/h2-6,8-9,11-12,16H,7,10H2,1H3. The number of rotatable bonds is 5. The first-order valence-electron chi connectivity index (χ1n) is 6.41. The van der Waals surface area contributed by atoms with Crippen LogP contribution in [0.5, 0.6) is 5.75 Å². The van der Waals surface area contributed by atoms with Gasteiger partial charge in [-0.1, -0.05) is 42.5 Å². The Morgan fingerprint density at radius 3 is 2.32 bits per heavy atom. The van der Waals surface area contributed by atoms with Crippen molar-refractivity contribution in [2.45, 2.75) is 18.8 Å². The molecule has 0 spiro atoms. The Morgan fingerprint density at radius 1 is 1.05 bits per heavy atom. The molecule has 1 atom stereocenters. The summed E-state index contributed by atoms with van der Waals surface area (Å²) in [6.45, 7) is 0. The first-order chi connectivity index (χ1) is 9.33. The first kappa shape index (κ1) is 13.2. The van der Waals surface area contributed by atoms with Crippen molar-refractivity contribution in [3.05, 3.63) is 65.7 Å². The van der Waals surface area contributed by atoms with Crippen molar-refractivity contribution in [1.29, 1.82) is 5.26 Å². The summed E-state index contributed by atoms with van der Waals surface area (Å²) >= 11 is 0. The molecule has 0 amide bonds. The van der Waals surface area contributed by atoms with Crippen LogP contribution in [0.1, 0.15) is 23.5 Å². The highest BCUT2D eigenvalue weighted by molar-refractivity contribution is 5.29. The molecule has 2 aromatic carbocycles. The maximum absolute atomic E-state index is 9.27. The van der Waals surface area contributed by atoms with E-state index in [2.05, 4.69) is 18.2 Å². The Kier molecular flexibility index (Phi) is 4.58. The maximum Gasteiger partial charge on any atom is 0.118 e. The fraction of sp³-hybridized carbons (Fsp3) is 0.235. The maximum atomic E-state index is 9.27. The van der Waals surface area contributed by atoms with E-state index in [0.29, 0.717) is 0 Å². The predicted molar refractivity (Wildman–Crippen MR) is 76.1 cm³/mol. The molecule has 0 aromatic heterocycles. The van der Waals surface area contributed by atoms with E-state index in [9.17, 15) is 5.26 Å². The Morgan fingerprint density at radius 2 is 1.74 bits per heavy atom. The molecule has 96 valence electrons. The van der Waals surface area contributed by atoms with E-state index in [1.54, 1.807) is 7.11 Å². The summed E-state index contributed by atoms with van der Waals surface area (Å²) in [7, 11) is 1.66. The zero-order valence-electron chi connectivity index (χ0n) is 11.0. The molecule has 2 nitrogen and oxygen atoms in total. The molecule has 2 rings (SSSR count). The summed E-state index contributed by atoms with van der Waals surface area (Å²) in [6, 6.07) is 20.4. The van der Waals surface area contributed by atoms with Gasteiger partial charge in [0.2, 0.25) is 0 Å². The fourth-order valence-electron chi connectivity index (χ4n) is 2.09. The molecule has 2 heteroatoms. The van der Waals surface area contributed by atoms with E-state index >= 15 is 0 Å². The van der Waals surface area contributed by atoms with E-state index in [1.807, 2.05) is 42.5 Å². The lowest BCUT2D eigenvalue weighted by molar-refractivity contribution is 0.414. The molecule has 1 unspecified atom stereocenters. The molecule has 0 aliphatic carbocycles. The molecule has 0 N–H and O–H groups in total. The van der Waals surface area contributed by atoms with Crippen LogP contribution in [0.2, 0.25) is 0 Å². The van der Waals surface area contributed by atoms with E-state index in [-0.39, 0.29) is 5.92 Å². The molecule has 2 aromatic rings. The molecule has 0 aliphatic rings. The Labute approximate surface area is 114 Å². The number of hydrogen-bond acceptors (Lipinski definition) is 2. The van der Waals surface area contributed by atoms with Crippen molar-refractivity contribution in [2.75, 3.05) is 7.11 Å². The van der Waals surface area contributed by atoms with Gasteiger partial charge in [0, 0.05) is 0 Å². The molecule has 0 heterocycles. The van der Waals surface area contributed by atoms with Crippen LogP contribution in [0.15, 0.2) is 54.6 Å². The highest BCUT2D eigenvalue weighted by Gasteiger charge is 2.09. The third-order valence-corrected chi connectivity index (χ3v) is 3.24. The van der Waals surface area contributed by atoms with Gasteiger partial charge in [-0.05, 0) is 36.1 Å². The number of ether oxygens (including phenoxy) is 1. The number of nitrogens with zero attached hydrogens (tertiary/aromatic N) is 1. The number of aryl methyl sites for hydroxylation is 1. The van der Waals surface area contributed by atoms with Crippen LogP contribution >= 0.6 is 0 Å². The van der Waals surface area contributed by atoms with Crippen LogP contribution in [-0.4, -0.2) is 7.11 Å². The van der Waals surface area contributed by atoms with E-state index in [0.717, 1.165) is 24.2 Å². The highest BCUT2D eigenvalue weighted by atomic mass is 16.5. The van der Waals surface area contributed by atoms with Gasteiger partial charge in [0.25, 0.3) is 0 Å². The molecule has 0 saturated carbocycles. The summed E-state index contributed by atoms with van der Waals surface area (Å²) in [4.78, 5) is 0. The van der Waals surface area contributed by atoms with Gasteiger partial charge in [0.05, 0.1) is 19.1 Å². The lowest BCUT2D eigenvalue weighted by atomic mass is 9.94. The van der Waals surface area contributed by atoms with Gasteiger partial charge in [-0.2, -0.15) is 5.26 Å². The fourth-order valence-corrected chi connectivity index (χ4v) is 2.09. The van der Waals surface area contributed by atoms with Crippen LogP contribution < -0.4 is 4.74 Å². The molecule has 0 saturated heterocycles. The van der Waals surface area contributed by atoms with Crippen LogP contribution in [-0.2, 0) is 6.42 Å². The second-order valence-corrected chi connectivity index (χ2v) is 4.48. The third-order valence-electron chi connectivity index (χ3n) is 3.24. The topological polar surface area (TPSA) is 33.0 Å². The van der Waals surface area contributed by atoms with E-state index < -0.39 is 0 Å². The average Bonchev–Trinajstić information content (AvgIpc) is 2.49. The Hall–Kier alpha value is -2.27. The van der Waals surface area contributed by atoms with Crippen LogP contribution in [0.25, 0.3) is 0 Å². The number of hydrogen-bond donors (Lipinski definition) is 0. The van der Waals surface area contributed by atoms with Crippen molar-refractivity contribution >= 4 is 0 Å². The minimum Gasteiger partial charge on any atom is -0.497 e. The van der Waals surface area contributed by atoms with E-state index in [4.69, 9.17) is 4.74 Å². The number of nitriles is 1. The van der Waals surface area contributed by atoms with Crippen LogP contribution in [0.3, 0.4) is 0 Å². The lowest BCUT2D eigenvalue weighted by Crippen LogP contribution is -1.98. The Balaban J connectivity index is 1.98.